The van der Waals surface area contributed by atoms with Crippen LogP contribution in [0.25, 0.3) is 0 Å². The lowest BCUT2D eigenvalue weighted by Gasteiger charge is -2.03. The summed E-state index contributed by atoms with van der Waals surface area (Å²) in [5, 5.41) is 0.713. The number of hydrazine groups is 1. The quantitative estimate of drug-likeness (QED) is 0.641. The van der Waals surface area contributed by atoms with Crippen LogP contribution in [0.5, 0.6) is 0 Å². The van der Waals surface area contributed by atoms with Crippen LogP contribution in [-0.4, -0.2) is 0 Å². The van der Waals surface area contributed by atoms with Crippen LogP contribution >= 0.6 is 39.9 Å². The first-order chi connectivity index (χ1) is 5.25. The summed E-state index contributed by atoms with van der Waals surface area (Å²) in [6, 6.07) is 5.73. The van der Waals surface area contributed by atoms with Crippen molar-refractivity contribution in [3.05, 3.63) is 33.3 Å². The van der Waals surface area contributed by atoms with Gasteiger partial charge < -0.3 is 0 Å². The van der Waals surface area contributed by atoms with E-state index >= 15 is 0 Å². The molecule has 0 fully saturated rings. The van der Waals surface area contributed by atoms with Gasteiger partial charge in [0.15, 0.2) is 0 Å². The minimum Gasteiger partial charge on any atom is -0.271 e. The summed E-state index contributed by atoms with van der Waals surface area (Å²) in [4.78, 5) is 0. The zero-order chi connectivity index (χ0) is 8.27. The van der Waals surface area contributed by atoms with Gasteiger partial charge in [0.25, 0.3) is 0 Å². The normalized spacial score (nSPS) is 9.25. The van der Waals surface area contributed by atoms with E-state index in [1.807, 2.05) is 18.2 Å². The summed E-state index contributed by atoms with van der Waals surface area (Å²) in [6.45, 7) is 0.582. The highest BCUT2D eigenvalue weighted by molar-refractivity contribution is 9.10. The van der Waals surface area contributed by atoms with Crippen molar-refractivity contribution in [2.45, 2.75) is 6.54 Å². The lowest BCUT2D eigenvalue weighted by atomic mass is 10.2. The Morgan fingerprint density at radius 3 is 2.75 bits per heavy atom. The fraction of sp³-hybridized carbons (Fsp3) is 0.143. The first-order valence-corrected chi connectivity index (χ1v) is 4.29. The Kier molecular flexibility index (Phi) is 5.88. The largest absolute Gasteiger partial charge is 0.271 e. The zero-order valence-electron chi connectivity index (χ0n) is 6.18. The summed E-state index contributed by atoms with van der Waals surface area (Å²) in [5.41, 5.74) is 3.54. The van der Waals surface area contributed by atoms with Crippen LogP contribution in [0.3, 0.4) is 0 Å². The molecule has 1 aromatic carbocycles. The zero-order valence-corrected chi connectivity index (χ0v) is 9.34. The van der Waals surface area contributed by atoms with E-state index in [0.717, 1.165) is 10.0 Å². The molecule has 0 aliphatic heterocycles. The van der Waals surface area contributed by atoms with Gasteiger partial charge in [-0.2, -0.15) is 0 Å². The smallest absolute Gasteiger partial charge is 0.0593 e. The van der Waals surface area contributed by atoms with Gasteiger partial charge in [-0.15, -0.1) is 12.4 Å². The first kappa shape index (κ1) is 12.2. The molecule has 12 heavy (non-hydrogen) atoms. The monoisotopic (exact) mass is 270 g/mol. The maximum Gasteiger partial charge on any atom is 0.0593 e. The van der Waals surface area contributed by atoms with Crippen LogP contribution in [0.4, 0.5) is 0 Å². The van der Waals surface area contributed by atoms with E-state index in [9.17, 15) is 0 Å². The molecular weight excluding hydrogens is 263 g/mol. The van der Waals surface area contributed by atoms with Gasteiger partial charge >= 0.3 is 0 Å². The Labute approximate surface area is 91.0 Å². The molecule has 0 atom stereocenters. The van der Waals surface area contributed by atoms with Gasteiger partial charge in [-0.05, 0) is 27.6 Å². The minimum absolute atomic E-state index is 0. The summed E-state index contributed by atoms with van der Waals surface area (Å²) in [6.07, 6.45) is 0. The Morgan fingerprint density at radius 1 is 1.50 bits per heavy atom. The summed E-state index contributed by atoms with van der Waals surface area (Å²) >= 11 is 9.25. The minimum atomic E-state index is 0. The van der Waals surface area contributed by atoms with Gasteiger partial charge in [-0.25, -0.2) is 0 Å². The van der Waals surface area contributed by atoms with Crippen LogP contribution in [0.2, 0.25) is 5.02 Å². The second-order valence-electron chi connectivity index (χ2n) is 2.09. The molecular formula is C7H9BrCl2N2. The Morgan fingerprint density at radius 2 is 2.17 bits per heavy atom. The molecule has 0 aliphatic carbocycles. The Bertz CT molecular complexity index is 255. The maximum atomic E-state index is 5.93. The average Bonchev–Trinajstić information content (AvgIpc) is 1.99. The molecule has 68 valence electrons. The van der Waals surface area contributed by atoms with Gasteiger partial charge in [-0.1, -0.05) is 23.7 Å². The van der Waals surface area contributed by atoms with Crippen molar-refractivity contribution in [2.24, 2.45) is 5.84 Å². The predicted octanol–water partition coefficient (Wildman–Crippen LogP) is 2.49. The van der Waals surface area contributed by atoms with Crippen molar-refractivity contribution in [1.29, 1.82) is 0 Å². The molecule has 0 bridgehead atoms. The third-order valence-electron chi connectivity index (χ3n) is 1.32. The average molecular weight is 272 g/mol. The third-order valence-corrected chi connectivity index (χ3v) is 2.66. The number of hydrogen-bond donors (Lipinski definition) is 2. The van der Waals surface area contributed by atoms with Crippen LogP contribution in [0.1, 0.15) is 5.56 Å². The fourth-order valence-electron chi connectivity index (χ4n) is 0.795. The van der Waals surface area contributed by atoms with Crippen LogP contribution in [0.15, 0.2) is 22.7 Å². The van der Waals surface area contributed by atoms with Gasteiger partial charge in [0, 0.05) is 11.0 Å². The van der Waals surface area contributed by atoms with Crippen molar-refractivity contribution in [3.8, 4) is 0 Å². The van der Waals surface area contributed by atoms with Crippen LogP contribution in [-0.2, 0) is 6.54 Å². The van der Waals surface area contributed by atoms with Crippen molar-refractivity contribution in [1.82, 2.24) is 5.43 Å². The summed E-state index contributed by atoms with van der Waals surface area (Å²) in [5.74, 6) is 5.16. The van der Waals surface area contributed by atoms with E-state index in [0.29, 0.717) is 11.6 Å². The molecule has 0 aliphatic rings. The van der Waals surface area contributed by atoms with E-state index in [4.69, 9.17) is 17.4 Å². The lowest BCUT2D eigenvalue weighted by Crippen LogP contribution is -2.20. The number of nitrogens with two attached hydrogens (primary N) is 1. The maximum absolute atomic E-state index is 5.93. The molecule has 0 unspecified atom stereocenters. The SMILES string of the molecule is Cl.NNCc1cccc(Br)c1Cl. The molecule has 0 saturated carbocycles. The highest BCUT2D eigenvalue weighted by Crippen LogP contribution is 2.25. The second-order valence-corrected chi connectivity index (χ2v) is 3.33. The predicted molar refractivity (Wildman–Crippen MR) is 57.4 cm³/mol. The lowest BCUT2D eigenvalue weighted by molar-refractivity contribution is 0.741. The van der Waals surface area contributed by atoms with Gasteiger partial charge in [-0.3, -0.25) is 11.3 Å². The highest BCUT2D eigenvalue weighted by atomic mass is 79.9. The number of benzene rings is 1. The summed E-state index contributed by atoms with van der Waals surface area (Å²) < 4.78 is 0.895. The van der Waals surface area contributed by atoms with Gasteiger partial charge in [0.2, 0.25) is 0 Å². The number of nitrogens with one attached hydrogen (secondary N) is 1. The topological polar surface area (TPSA) is 38.0 Å². The van der Waals surface area contributed by atoms with E-state index < -0.39 is 0 Å². The molecule has 0 spiro atoms. The van der Waals surface area contributed by atoms with Crippen molar-refractivity contribution in [3.63, 3.8) is 0 Å². The third kappa shape index (κ3) is 2.92. The molecule has 2 nitrogen and oxygen atoms in total. The van der Waals surface area contributed by atoms with Gasteiger partial charge in [0.05, 0.1) is 5.02 Å². The van der Waals surface area contributed by atoms with Crippen molar-refractivity contribution < 1.29 is 0 Å². The molecule has 1 rings (SSSR count). The Hall–Kier alpha value is 0.200. The standard InChI is InChI=1S/C7H8BrClN2.ClH/c8-6-3-1-2-5(4-11-10)7(6)9;/h1-3,11H,4,10H2;1H. The van der Waals surface area contributed by atoms with E-state index in [1.165, 1.54) is 0 Å². The first-order valence-electron chi connectivity index (χ1n) is 3.12. The van der Waals surface area contributed by atoms with Crippen LogP contribution in [0, 0.1) is 0 Å². The van der Waals surface area contributed by atoms with E-state index in [-0.39, 0.29) is 12.4 Å². The molecule has 5 heteroatoms. The van der Waals surface area contributed by atoms with E-state index in [1.54, 1.807) is 0 Å². The second kappa shape index (κ2) is 5.78. The number of hydrogen-bond acceptors (Lipinski definition) is 2. The molecule has 0 aromatic heterocycles. The van der Waals surface area contributed by atoms with E-state index in [2.05, 4.69) is 21.4 Å². The fourth-order valence-corrected chi connectivity index (χ4v) is 1.40. The van der Waals surface area contributed by atoms with Crippen molar-refractivity contribution >= 4 is 39.9 Å². The molecule has 0 saturated heterocycles. The molecule has 3 N–H and O–H groups in total. The molecule has 0 radical (unpaired) electrons. The summed E-state index contributed by atoms with van der Waals surface area (Å²) in [7, 11) is 0. The highest BCUT2D eigenvalue weighted by Gasteiger charge is 2.01. The Balaban J connectivity index is 0.00000121. The van der Waals surface area contributed by atoms with Crippen molar-refractivity contribution in [2.75, 3.05) is 0 Å². The molecule has 0 amide bonds. The van der Waals surface area contributed by atoms with Crippen LogP contribution < -0.4 is 11.3 Å². The molecule has 0 heterocycles. The molecule has 1 aromatic rings. The van der Waals surface area contributed by atoms with Gasteiger partial charge in [0.1, 0.15) is 0 Å². The number of halogens is 3. The number of rotatable bonds is 2.